The van der Waals surface area contributed by atoms with Gasteiger partial charge in [-0.1, -0.05) is 66.4 Å². The molecule has 0 aliphatic carbocycles. The van der Waals surface area contributed by atoms with Gasteiger partial charge in [-0.3, -0.25) is 14.7 Å². The van der Waals surface area contributed by atoms with Crippen LogP contribution in [0.5, 0.6) is 5.75 Å². The SMILES string of the molecule is O=C1[C@H](Cc2ccccc2OCc2ccccc2F)SC(=S)N1Cc1cccnc1. The van der Waals surface area contributed by atoms with E-state index in [0.29, 0.717) is 28.6 Å². The van der Waals surface area contributed by atoms with Gasteiger partial charge in [0.25, 0.3) is 0 Å². The molecule has 1 aromatic heterocycles. The number of thioether (sulfide) groups is 1. The van der Waals surface area contributed by atoms with Crippen LogP contribution in [0.25, 0.3) is 0 Å². The number of amides is 1. The van der Waals surface area contributed by atoms with Crippen LogP contribution in [0.3, 0.4) is 0 Å². The minimum atomic E-state index is -0.313. The van der Waals surface area contributed by atoms with E-state index < -0.39 is 0 Å². The number of thiocarbonyl (C=S) groups is 1. The molecule has 3 aromatic rings. The number of para-hydroxylation sites is 1. The van der Waals surface area contributed by atoms with Crippen LogP contribution in [0.4, 0.5) is 4.39 Å². The molecule has 4 rings (SSSR count). The number of hydrogen-bond donors (Lipinski definition) is 0. The van der Waals surface area contributed by atoms with Crippen LogP contribution in [0.1, 0.15) is 16.7 Å². The lowest BCUT2D eigenvalue weighted by atomic mass is 10.1. The van der Waals surface area contributed by atoms with E-state index >= 15 is 0 Å². The van der Waals surface area contributed by atoms with Crippen LogP contribution < -0.4 is 4.74 Å². The summed E-state index contributed by atoms with van der Waals surface area (Å²) in [6.45, 7) is 0.543. The number of halogens is 1. The van der Waals surface area contributed by atoms with Gasteiger partial charge in [-0.15, -0.1) is 0 Å². The van der Waals surface area contributed by atoms with E-state index in [0.717, 1.165) is 11.1 Å². The summed E-state index contributed by atoms with van der Waals surface area (Å²) in [6.07, 6.45) is 3.92. The van der Waals surface area contributed by atoms with Gasteiger partial charge in [0.15, 0.2) is 0 Å². The van der Waals surface area contributed by atoms with Gasteiger partial charge >= 0.3 is 0 Å². The lowest BCUT2D eigenvalue weighted by Gasteiger charge is -2.16. The molecule has 30 heavy (non-hydrogen) atoms. The number of aromatic nitrogens is 1. The van der Waals surface area contributed by atoms with E-state index in [9.17, 15) is 9.18 Å². The van der Waals surface area contributed by atoms with Crippen molar-refractivity contribution in [2.24, 2.45) is 0 Å². The molecule has 0 N–H and O–H groups in total. The number of carbonyl (C=O) groups excluding carboxylic acids is 1. The van der Waals surface area contributed by atoms with Gasteiger partial charge in [0.2, 0.25) is 5.91 Å². The molecule has 152 valence electrons. The van der Waals surface area contributed by atoms with Gasteiger partial charge in [0.1, 0.15) is 22.5 Å². The number of ether oxygens (including phenoxy) is 1. The lowest BCUT2D eigenvalue weighted by molar-refractivity contribution is -0.126. The average Bonchev–Trinajstić information content (AvgIpc) is 3.02. The Morgan fingerprint density at radius 3 is 2.60 bits per heavy atom. The van der Waals surface area contributed by atoms with Crippen molar-refractivity contribution < 1.29 is 13.9 Å². The Labute approximate surface area is 184 Å². The van der Waals surface area contributed by atoms with E-state index in [1.807, 2.05) is 36.4 Å². The summed E-state index contributed by atoms with van der Waals surface area (Å²) in [6, 6.07) is 17.8. The van der Waals surface area contributed by atoms with Gasteiger partial charge in [0.05, 0.1) is 11.8 Å². The van der Waals surface area contributed by atoms with E-state index in [4.69, 9.17) is 17.0 Å². The maximum atomic E-state index is 13.9. The minimum absolute atomic E-state index is 0.0160. The zero-order chi connectivity index (χ0) is 20.9. The molecule has 2 heterocycles. The minimum Gasteiger partial charge on any atom is -0.489 e. The highest BCUT2D eigenvalue weighted by Crippen LogP contribution is 2.33. The van der Waals surface area contributed by atoms with Crippen LogP contribution in [-0.4, -0.2) is 25.4 Å². The Morgan fingerprint density at radius 1 is 1.07 bits per heavy atom. The van der Waals surface area contributed by atoms with Crippen molar-refractivity contribution >= 4 is 34.2 Å². The Hall–Kier alpha value is -2.77. The van der Waals surface area contributed by atoms with Crippen molar-refractivity contribution in [3.8, 4) is 5.75 Å². The smallest absolute Gasteiger partial charge is 0.242 e. The molecule has 1 amide bonds. The first-order valence-electron chi connectivity index (χ1n) is 9.47. The normalized spacial score (nSPS) is 16.2. The van der Waals surface area contributed by atoms with E-state index in [1.165, 1.54) is 17.8 Å². The largest absolute Gasteiger partial charge is 0.489 e. The second-order valence-electron chi connectivity index (χ2n) is 6.85. The second-order valence-corrected chi connectivity index (χ2v) is 8.69. The number of pyridine rings is 1. The third-order valence-corrected chi connectivity index (χ3v) is 6.37. The predicted molar refractivity (Wildman–Crippen MR) is 120 cm³/mol. The molecule has 1 saturated heterocycles. The van der Waals surface area contributed by atoms with E-state index in [-0.39, 0.29) is 23.6 Å². The van der Waals surface area contributed by atoms with E-state index in [2.05, 4.69) is 4.98 Å². The molecule has 1 aliphatic heterocycles. The van der Waals surface area contributed by atoms with Gasteiger partial charge in [-0.25, -0.2) is 4.39 Å². The van der Waals surface area contributed by atoms with Gasteiger partial charge in [0, 0.05) is 18.0 Å². The average molecular weight is 439 g/mol. The number of benzene rings is 2. The molecule has 2 aromatic carbocycles. The molecule has 1 fully saturated rings. The van der Waals surface area contributed by atoms with Crippen molar-refractivity contribution in [1.29, 1.82) is 0 Å². The number of nitrogens with zero attached hydrogens (tertiary/aromatic N) is 2. The van der Waals surface area contributed by atoms with Crippen LogP contribution in [-0.2, 0) is 24.4 Å². The highest BCUT2D eigenvalue weighted by Gasteiger charge is 2.37. The van der Waals surface area contributed by atoms with Crippen molar-refractivity contribution in [2.45, 2.75) is 24.8 Å². The monoisotopic (exact) mass is 438 g/mol. The Morgan fingerprint density at radius 2 is 1.83 bits per heavy atom. The van der Waals surface area contributed by atoms with E-state index in [1.54, 1.807) is 35.5 Å². The molecule has 0 spiro atoms. The summed E-state index contributed by atoms with van der Waals surface area (Å²) in [5, 5.41) is -0.313. The first-order valence-corrected chi connectivity index (χ1v) is 10.8. The first-order chi connectivity index (χ1) is 14.6. The summed E-state index contributed by atoms with van der Waals surface area (Å²) in [5.41, 5.74) is 2.32. The third-order valence-electron chi connectivity index (χ3n) is 4.79. The van der Waals surface area contributed by atoms with Crippen molar-refractivity contribution in [3.63, 3.8) is 0 Å². The third kappa shape index (κ3) is 4.68. The molecule has 0 bridgehead atoms. The zero-order valence-electron chi connectivity index (χ0n) is 16.0. The van der Waals surface area contributed by atoms with Crippen molar-refractivity contribution in [1.82, 2.24) is 9.88 Å². The molecule has 0 radical (unpaired) electrons. The lowest BCUT2D eigenvalue weighted by Crippen LogP contribution is -2.31. The molecule has 7 heteroatoms. The van der Waals surface area contributed by atoms with Crippen LogP contribution in [0.2, 0.25) is 0 Å². The fraction of sp³-hybridized carbons (Fsp3) is 0.174. The van der Waals surface area contributed by atoms with Gasteiger partial charge in [-0.2, -0.15) is 0 Å². The Balaban J connectivity index is 1.45. The maximum Gasteiger partial charge on any atom is 0.242 e. The number of carbonyl (C=O) groups is 1. The standard InChI is InChI=1S/C23H19FN2O2S2/c24-19-9-3-1-8-18(19)15-28-20-10-4-2-7-17(20)12-21-22(27)26(23(29)30-21)14-16-6-5-11-25-13-16/h1-11,13,21H,12,14-15H2/t21-/m0/s1. The summed E-state index contributed by atoms with van der Waals surface area (Å²) in [7, 11) is 0. The first kappa shape index (κ1) is 20.5. The van der Waals surface area contributed by atoms with Gasteiger partial charge < -0.3 is 4.74 Å². The van der Waals surface area contributed by atoms with Gasteiger partial charge in [-0.05, 0) is 35.7 Å². The highest BCUT2D eigenvalue weighted by molar-refractivity contribution is 8.24. The topological polar surface area (TPSA) is 42.4 Å². The van der Waals surface area contributed by atoms with Crippen LogP contribution >= 0.6 is 24.0 Å². The number of hydrogen-bond acceptors (Lipinski definition) is 5. The molecule has 0 unspecified atom stereocenters. The summed E-state index contributed by atoms with van der Waals surface area (Å²) < 4.78 is 20.3. The summed E-state index contributed by atoms with van der Waals surface area (Å²) >= 11 is 6.84. The Kier molecular flexibility index (Phi) is 6.40. The maximum absolute atomic E-state index is 13.9. The molecule has 0 saturated carbocycles. The van der Waals surface area contributed by atoms with Crippen LogP contribution in [0.15, 0.2) is 73.1 Å². The molecule has 1 atom stereocenters. The summed E-state index contributed by atoms with van der Waals surface area (Å²) in [4.78, 5) is 18.7. The molecular weight excluding hydrogens is 419 g/mol. The fourth-order valence-electron chi connectivity index (χ4n) is 3.23. The summed E-state index contributed by atoms with van der Waals surface area (Å²) in [5.74, 6) is 0.330. The van der Waals surface area contributed by atoms with Crippen LogP contribution in [0, 0.1) is 5.82 Å². The highest BCUT2D eigenvalue weighted by atomic mass is 32.2. The second kappa shape index (κ2) is 9.36. The van der Waals surface area contributed by atoms with Crippen molar-refractivity contribution in [2.75, 3.05) is 0 Å². The molecular formula is C23H19FN2O2S2. The molecule has 4 nitrogen and oxygen atoms in total. The van der Waals surface area contributed by atoms with Crippen molar-refractivity contribution in [3.05, 3.63) is 95.6 Å². The quantitative estimate of drug-likeness (QED) is 0.497. The fourth-order valence-corrected chi connectivity index (χ4v) is 4.75. The number of rotatable bonds is 7. The Bertz CT molecular complexity index is 1060. The molecule has 1 aliphatic rings. The predicted octanol–water partition coefficient (Wildman–Crippen LogP) is 4.77. The zero-order valence-corrected chi connectivity index (χ0v) is 17.7.